The van der Waals surface area contributed by atoms with Gasteiger partial charge in [-0.15, -0.1) is 0 Å². The first kappa shape index (κ1) is 19.9. The number of nitrogens with zero attached hydrogens (tertiary/aromatic N) is 2. The standard InChI is InChI=1S/C26H24N4O2/c1-3-17-11-13-19(14-12-17)28-25(32)23-16(2)27-26-29-21-9-4-5-10-22(21)30(26)24(23)18-7-6-8-20(31)15-18/h4-15,24,31H,3H2,1-2H3,(H,27,29)(H,28,32)/t24-/m1/s1. The van der Waals surface area contributed by atoms with Crippen LogP contribution in [0.1, 0.15) is 31.0 Å². The third-order valence-corrected chi connectivity index (χ3v) is 5.88. The highest BCUT2D eigenvalue weighted by atomic mass is 16.3. The Labute approximate surface area is 186 Å². The van der Waals surface area contributed by atoms with Crippen LogP contribution in [0.2, 0.25) is 0 Å². The second-order valence-electron chi connectivity index (χ2n) is 7.96. The fourth-order valence-corrected chi connectivity index (χ4v) is 4.29. The van der Waals surface area contributed by atoms with Gasteiger partial charge in [0.25, 0.3) is 5.91 Å². The van der Waals surface area contributed by atoms with Crippen LogP contribution >= 0.6 is 0 Å². The fourth-order valence-electron chi connectivity index (χ4n) is 4.29. The number of phenols is 1. The number of nitrogens with one attached hydrogen (secondary N) is 2. The Morgan fingerprint density at radius 1 is 1.09 bits per heavy atom. The molecule has 0 aliphatic carbocycles. The van der Waals surface area contributed by atoms with Crippen molar-refractivity contribution >= 4 is 28.6 Å². The Balaban J connectivity index is 1.63. The number of aromatic hydroxyl groups is 1. The smallest absolute Gasteiger partial charge is 0.255 e. The number of amides is 1. The van der Waals surface area contributed by atoms with Crippen molar-refractivity contribution < 1.29 is 9.90 Å². The summed E-state index contributed by atoms with van der Waals surface area (Å²) in [6.45, 7) is 3.98. The quantitative estimate of drug-likeness (QED) is 0.419. The van der Waals surface area contributed by atoms with Crippen LogP contribution in [0, 0.1) is 0 Å². The molecular weight excluding hydrogens is 400 g/mol. The van der Waals surface area contributed by atoms with E-state index >= 15 is 0 Å². The van der Waals surface area contributed by atoms with E-state index in [1.165, 1.54) is 5.56 Å². The van der Waals surface area contributed by atoms with Gasteiger partial charge < -0.3 is 15.7 Å². The lowest BCUT2D eigenvalue weighted by Crippen LogP contribution is -2.30. The number of hydrogen-bond donors (Lipinski definition) is 3. The first-order valence-electron chi connectivity index (χ1n) is 10.7. The van der Waals surface area contributed by atoms with Crippen LogP contribution in [0.5, 0.6) is 5.75 Å². The zero-order valence-electron chi connectivity index (χ0n) is 18.0. The van der Waals surface area contributed by atoms with Crippen molar-refractivity contribution in [1.29, 1.82) is 0 Å². The molecule has 1 aromatic heterocycles. The summed E-state index contributed by atoms with van der Waals surface area (Å²) in [6, 6.07) is 22.3. The summed E-state index contributed by atoms with van der Waals surface area (Å²) in [4.78, 5) is 18.3. The largest absolute Gasteiger partial charge is 0.508 e. The highest BCUT2D eigenvalue weighted by Gasteiger charge is 2.34. The van der Waals surface area contributed by atoms with Gasteiger partial charge in [0.1, 0.15) is 5.75 Å². The Bertz CT molecular complexity index is 1350. The topological polar surface area (TPSA) is 79.2 Å². The van der Waals surface area contributed by atoms with Crippen LogP contribution in [0.15, 0.2) is 84.1 Å². The van der Waals surface area contributed by atoms with E-state index in [4.69, 9.17) is 4.98 Å². The van der Waals surface area contributed by atoms with Crippen LogP contribution in [-0.2, 0) is 11.2 Å². The monoisotopic (exact) mass is 424 g/mol. The molecule has 0 unspecified atom stereocenters. The van der Waals surface area contributed by atoms with Gasteiger partial charge in [-0.25, -0.2) is 4.98 Å². The summed E-state index contributed by atoms with van der Waals surface area (Å²) in [5.41, 5.74) is 5.81. The lowest BCUT2D eigenvalue weighted by molar-refractivity contribution is -0.113. The second kappa shape index (κ2) is 7.89. The molecule has 0 saturated carbocycles. The lowest BCUT2D eigenvalue weighted by atomic mass is 9.94. The van der Waals surface area contributed by atoms with E-state index in [1.807, 2.05) is 66.1 Å². The molecule has 160 valence electrons. The Morgan fingerprint density at radius 3 is 2.62 bits per heavy atom. The van der Waals surface area contributed by atoms with Gasteiger partial charge in [-0.05, 0) is 60.9 Å². The van der Waals surface area contributed by atoms with Crippen molar-refractivity contribution in [2.75, 3.05) is 10.6 Å². The molecule has 1 aliphatic heterocycles. The lowest BCUT2D eigenvalue weighted by Gasteiger charge is -2.30. The number of fused-ring (bicyclic) bond motifs is 3. The van der Waals surface area contributed by atoms with E-state index in [0.717, 1.165) is 34.4 Å². The van der Waals surface area contributed by atoms with E-state index < -0.39 is 6.04 Å². The molecule has 1 aliphatic rings. The van der Waals surface area contributed by atoms with Crippen molar-refractivity contribution in [3.05, 3.63) is 95.2 Å². The number of rotatable bonds is 4. The van der Waals surface area contributed by atoms with E-state index in [0.29, 0.717) is 11.5 Å². The third kappa shape index (κ3) is 3.39. The van der Waals surface area contributed by atoms with Crippen LogP contribution in [0.4, 0.5) is 11.6 Å². The fraction of sp³-hybridized carbons (Fsp3) is 0.154. The minimum absolute atomic E-state index is 0.152. The zero-order valence-corrected chi connectivity index (χ0v) is 18.0. The van der Waals surface area contributed by atoms with Gasteiger partial charge in [0.05, 0.1) is 22.6 Å². The molecule has 1 atom stereocenters. The van der Waals surface area contributed by atoms with Gasteiger partial charge in [0.2, 0.25) is 5.95 Å². The van der Waals surface area contributed by atoms with E-state index in [-0.39, 0.29) is 11.7 Å². The maximum atomic E-state index is 13.6. The molecule has 0 bridgehead atoms. The molecule has 3 aromatic carbocycles. The molecule has 4 aromatic rings. The number of carbonyl (C=O) groups excluding carboxylic acids is 1. The van der Waals surface area contributed by atoms with Crippen molar-refractivity contribution in [3.8, 4) is 5.75 Å². The Morgan fingerprint density at radius 2 is 1.88 bits per heavy atom. The summed E-state index contributed by atoms with van der Waals surface area (Å²) < 4.78 is 2.02. The number of imidazole rings is 1. The van der Waals surface area contributed by atoms with Crippen LogP contribution in [-0.4, -0.2) is 20.6 Å². The molecule has 6 heteroatoms. The molecule has 1 amide bonds. The highest BCUT2D eigenvalue weighted by molar-refractivity contribution is 6.06. The van der Waals surface area contributed by atoms with Gasteiger partial charge in [-0.1, -0.05) is 43.3 Å². The van der Waals surface area contributed by atoms with Gasteiger partial charge in [0.15, 0.2) is 0 Å². The average Bonchev–Trinajstić information content (AvgIpc) is 3.16. The summed E-state index contributed by atoms with van der Waals surface area (Å²) in [7, 11) is 0. The van der Waals surface area contributed by atoms with Gasteiger partial charge in [0, 0.05) is 11.4 Å². The minimum Gasteiger partial charge on any atom is -0.508 e. The van der Waals surface area contributed by atoms with Crippen molar-refractivity contribution in [3.63, 3.8) is 0 Å². The van der Waals surface area contributed by atoms with Crippen molar-refractivity contribution in [1.82, 2.24) is 9.55 Å². The van der Waals surface area contributed by atoms with Crippen LogP contribution in [0.3, 0.4) is 0 Å². The van der Waals surface area contributed by atoms with Crippen LogP contribution in [0.25, 0.3) is 11.0 Å². The maximum Gasteiger partial charge on any atom is 0.255 e. The molecule has 32 heavy (non-hydrogen) atoms. The number of aryl methyl sites for hydroxylation is 1. The summed E-state index contributed by atoms with van der Waals surface area (Å²) >= 11 is 0. The van der Waals surface area contributed by atoms with Gasteiger partial charge in [-0.2, -0.15) is 0 Å². The van der Waals surface area contributed by atoms with E-state index in [2.05, 4.69) is 17.6 Å². The number of aromatic nitrogens is 2. The molecule has 0 saturated heterocycles. The molecule has 0 radical (unpaired) electrons. The van der Waals surface area contributed by atoms with Crippen molar-refractivity contribution in [2.45, 2.75) is 26.3 Å². The molecule has 3 N–H and O–H groups in total. The Hall–Kier alpha value is -4.06. The number of carbonyl (C=O) groups is 1. The minimum atomic E-state index is -0.444. The first-order valence-corrected chi connectivity index (χ1v) is 10.7. The number of benzene rings is 3. The number of anilines is 2. The van der Waals surface area contributed by atoms with Gasteiger partial charge >= 0.3 is 0 Å². The third-order valence-electron chi connectivity index (χ3n) is 5.88. The molecule has 2 heterocycles. The average molecular weight is 425 g/mol. The number of allylic oxidation sites excluding steroid dienone is 1. The first-order chi connectivity index (χ1) is 15.5. The van der Waals surface area contributed by atoms with Gasteiger partial charge in [-0.3, -0.25) is 9.36 Å². The normalized spacial score (nSPS) is 15.4. The summed E-state index contributed by atoms with van der Waals surface area (Å²) in [5, 5.41) is 16.5. The predicted molar refractivity (Wildman–Crippen MR) is 127 cm³/mol. The molecular formula is C26H24N4O2. The van der Waals surface area contributed by atoms with Crippen molar-refractivity contribution in [2.24, 2.45) is 0 Å². The molecule has 0 fully saturated rings. The summed E-state index contributed by atoms with van der Waals surface area (Å²) in [5.74, 6) is 0.622. The number of hydrogen-bond acceptors (Lipinski definition) is 4. The van der Waals surface area contributed by atoms with E-state index in [1.54, 1.807) is 18.2 Å². The highest BCUT2D eigenvalue weighted by Crippen LogP contribution is 2.40. The maximum absolute atomic E-state index is 13.6. The predicted octanol–water partition coefficient (Wildman–Crippen LogP) is 5.23. The summed E-state index contributed by atoms with van der Waals surface area (Å²) in [6.07, 6.45) is 0.943. The molecule has 0 spiro atoms. The SMILES string of the molecule is CCc1ccc(NC(=O)C2=C(C)Nc3nc4ccccc4n3[C@@H]2c2cccc(O)c2)cc1. The zero-order chi connectivity index (χ0) is 22.2. The molecule has 5 rings (SSSR count). The Kier molecular flexibility index (Phi) is 4.90. The second-order valence-corrected chi connectivity index (χ2v) is 7.96. The van der Waals surface area contributed by atoms with Crippen LogP contribution < -0.4 is 10.6 Å². The molecule has 6 nitrogen and oxygen atoms in total. The van der Waals surface area contributed by atoms with E-state index in [9.17, 15) is 9.90 Å². The number of phenolic OH excluding ortho intramolecular Hbond substituents is 1. The number of para-hydroxylation sites is 2.